The summed E-state index contributed by atoms with van der Waals surface area (Å²) in [7, 11) is -13.8. The van der Waals surface area contributed by atoms with E-state index in [-0.39, 0.29) is 54.7 Å². The van der Waals surface area contributed by atoms with E-state index in [2.05, 4.69) is 69.6 Å². The number of hydrogen-bond acceptors (Lipinski definition) is 23. The molecule has 0 amide bonds. The first-order valence-electron chi connectivity index (χ1n) is 16.0. The number of rotatable bonds is 17. The molecule has 320 valence electrons. The second kappa shape index (κ2) is 18.6. The van der Waals surface area contributed by atoms with Crippen LogP contribution in [0.4, 0.5) is 50.7 Å². The van der Waals surface area contributed by atoms with Crippen molar-refractivity contribution in [3.63, 3.8) is 0 Å². The Hall–Kier alpha value is -5.57. The van der Waals surface area contributed by atoms with E-state index in [1.807, 2.05) is 0 Å². The molecule has 24 nitrogen and oxygen atoms in total. The van der Waals surface area contributed by atoms with Gasteiger partial charge < -0.3 is 21.1 Å². The first kappa shape index (κ1) is 45.0. The third-order valence-electron chi connectivity index (χ3n) is 7.45. The van der Waals surface area contributed by atoms with Crippen molar-refractivity contribution in [2.75, 3.05) is 28.3 Å². The summed E-state index contributed by atoms with van der Waals surface area (Å²) in [6.07, 6.45) is -1.29. The maximum absolute atomic E-state index is 14.6. The number of aromatic hydroxyl groups is 1. The number of anilines is 6. The van der Waals surface area contributed by atoms with E-state index in [0.29, 0.717) is 23.1 Å². The number of nitrogens with zero attached hydrogens (tertiary/aromatic N) is 8. The topological polar surface area (TPSA) is 349 Å². The van der Waals surface area contributed by atoms with Crippen LogP contribution in [0.2, 0.25) is 10.6 Å². The zero-order valence-electron chi connectivity index (χ0n) is 29.6. The first-order chi connectivity index (χ1) is 28.8. The summed E-state index contributed by atoms with van der Waals surface area (Å²) in [5.74, 6) is -2.09. The molecule has 0 aliphatic carbocycles. The fourth-order valence-electron chi connectivity index (χ4n) is 4.98. The lowest BCUT2D eigenvalue weighted by atomic mass is 10.1. The number of azo groups is 1. The van der Waals surface area contributed by atoms with Gasteiger partial charge in [-0.05, 0) is 95.3 Å². The monoisotopic (exact) mass is 961 g/mol. The molecule has 6 aromatic rings. The smallest absolute Gasteiger partial charge is 0.397 e. The van der Waals surface area contributed by atoms with Gasteiger partial charge in [0, 0.05) is 22.4 Å². The lowest BCUT2D eigenvalue weighted by Gasteiger charge is -2.12. The normalized spacial score (nSPS) is 12.2. The lowest BCUT2D eigenvalue weighted by molar-refractivity contribution is -0.432. The third-order valence-corrected chi connectivity index (χ3v) is 11.5. The van der Waals surface area contributed by atoms with E-state index in [1.165, 1.54) is 30.3 Å². The molecule has 0 fully saturated rings. The number of fused-ring (bicyclic) bond motifs is 1. The number of halogens is 3. The van der Waals surface area contributed by atoms with Crippen molar-refractivity contribution in [3.05, 3.63) is 83.4 Å². The van der Waals surface area contributed by atoms with Gasteiger partial charge in [-0.25, -0.2) is 17.9 Å². The molecule has 61 heavy (non-hydrogen) atoms. The van der Waals surface area contributed by atoms with E-state index in [9.17, 15) is 39.3 Å². The highest BCUT2D eigenvalue weighted by Gasteiger charge is 2.21. The molecule has 0 bridgehead atoms. The lowest BCUT2D eigenvalue weighted by Crippen LogP contribution is -2.15. The van der Waals surface area contributed by atoms with Crippen molar-refractivity contribution >= 4 is 123 Å². The average molecular weight is 963 g/mol. The van der Waals surface area contributed by atoms with Crippen LogP contribution in [-0.4, -0.2) is 87.0 Å². The maximum atomic E-state index is 14.6. The van der Waals surface area contributed by atoms with Gasteiger partial charge in [0.2, 0.25) is 28.4 Å². The zero-order valence-corrected chi connectivity index (χ0v) is 34.4. The predicted octanol–water partition coefficient (Wildman–Crippen LogP) is 6.28. The van der Waals surface area contributed by atoms with Crippen LogP contribution >= 0.6 is 35.2 Å². The molecular weight excluding hydrogens is 941 g/mol. The van der Waals surface area contributed by atoms with Crippen molar-refractivity contribution in [1.29, 1.82) is 0 Å². The second-order valence-electron chi connectivity index (χ2n) is 11.5. The van der Waals surface area contributed by atoms with Crippen LogP contribution in [0.25, 0.3) is 10.8 Å². The SMILES string of the molecule is O=S(=O)(O)OCCS(=O)(=O)c1ccc(Nc2nc(F)nc(Nc3ccc(S(=O)(=O)O)c(/N=N/c4c(SOOO)cc5cc(Nc6nc(Cl)nc(Cl)n6)ccc5c4O)c3)n2)cc1. The molecule has 6 rings (SSSR count). The van der Waals surface area contributed by atoms with Crippen LogP contribution in [0.15, 0.2) is 91.6 Å². The number of hydrogen-bond donors (Lipinski definition) is 7. The minimum atomic E-state index is -4.96. The molecule has 4 aromatic carbocycles. The summed E-state index contributed by atoms with van der Waals surface area (Å²) in [4.78, 5) is 21.6. The fourth-order valence-corrected chi connectivity index (χ4v) is 7.93. The van der Waals surface area contributed by atoms with E-state index in [1.54, 1.807) is 6.07 Å². The van der Waals surface area contributed by atoms with Crippen molar-refractivity contribution in [2.24, 2.45) is 10.2 Å². The summed E-state index contributed by atoms with van der Waals surface area (Å²) >= 11 is 12.1. The number of nitrogens with one attached hydrogen (secondary N) is 3. The highest BCUT2D eigenvalue weighted by molar-refractivity contribution is 7.94. The Bertz CT molecular complexity index is 3000. The number of sulfone groups is 1. The first-order valence-corrected chi connectivity index (χ1v) is 21.9. The van der Waals surface area contributed by atoms with Gasteiger partial charge in [-0.2, -0.15) is 51.1 Å². The van der Waals surface area contributed by atoms with Crippen LogP contribution in [0.3, 0.4) is 0 Å². The Labute approximate surface area is 355 Å². The Kier molecular flexibility index (Phi) is 13.7. The summed E-state index contributed by atoms with van der Waals surface area (Å²) in [5, 5.41) is 40.1. The van der Waals surface area contributed by atoms with E-state index >= 15 is 0 Å². The summed E-state index contributed by atoms with van der Waals surface area (Å²) < 4.78 is 113. The molecule has 0 radical (unpaired) electrons. The highest BCUT2D eigenvalue weighted by atomic mass is 35.5. The average Bonchev–Trinajstić information content (AvgIpc) is 3.15. The van der Waals surface area contributed by atoms with Crippen LogP contribution < -0.4 is 16.0 Å². The molecule has 0 unspecified atom stereocenters. The van der Waals surface area contributed by atoms with E-state index in [4.69, 9.17) is 33.0 Å². The Morgan fingerprint density at radius 1 is 0.738 bits per heavy atom. The molecule has 7 N–H and O–H groups in total. The van der Waals surface area contributed by atoms with Crippen molar-refractivity contribution in [2.45, 2.75) is 14.7 Å². The Morgan fingerprint density at radius 2 is 1.33 bits per heavy atom. The third kappa shape index (κ3) is 12.1. The minimum absolute atomic E-state index is 0.00211. The molecule has 0 spiro atoms. The quantitative estimate of drug-likeness (QED) is 0.0174. The summed E-state index contributed by atoms with van der Waals surface area (Å²) in [5.41, 5.74) is -0.295. The Morgan fingerprint density at radius 3 is 1.95 bits per heavy atom. The van der Waals surface area contributed by atoms with Gasteiger partial charge >= 0.3 is 16.5 Å². The maximum Gasteiger partial charge on any atom is 0.397 e. The summed E-state index contributed by atoms with van der Waals surface area (Å²) in [6, 6.07) is 13.9. The number of benzene rings is 4. The number of phenolic OH excluding ortho intramolecular Hbond substituents is 1. The molecule has 0 aliphatic rings. The fraction of sp³-hybridized carbons (Fsp3) is 0.0667. The zero-order chi connectivity index (χ0) is 44.1. The summed E-state index contributed by atoms with van der Waals surface area (Å²) in [6.45, 7) is -0.839. The van der Waals surface area contributed by atoms with Crippen molar-refractivity contribution < 1.29 is 62.7 Å². The Balaban J connectivity index is 1.26. The highest BCUT2D eigenvalue weighted by Crippen LogP contribution is 2.45. The molecule has 0 atom stereocenters. The molecule has 0 saturated carbocycles. The number of phenols is 1. The van der Waals surface area contributed by atoms with Crippen LogP contribution in [0.5, 0.6) is 5.75 Å². The largest absolute Gasteiger partial charge is 0.505 e. The van der Waals surface area contributed by atoms with Gasteiger partial charge in [0.1, 0.15) is 16.3 Å². The van der Waals surface area contributed by atoms with Crippen molar-refractivity contribution in [3.8, 4) is 5.75 Å². The van der Waals surface area contributed by atoms with Gasteiger partial charge in [-0.3, -0.25) is 9.11 Å². The second-order valence-corrected chi connectivity index (χ2v) is 17.5. The molecule has 0 saturated heterocycles. The minimum Gasteiger partial charge on any atom is -0.505 e. The van der Waals surface area contributed by atoms with E-state index in [0.717, 1.165) is 30.3 Å². The molecule has 2 aromatic heterocycles. The van der Waals surface area contributed by atoms with Gasteiger partial charge in [-0.1, -0.05) is 5.04 Å². The van der Waals surface area contributed by atoms with E-state index < -0.39 is 71.1 Å². The van der Waals surface area contributed by atoms with Gasteiger partial charge in [0.25, 0.3) is 10.1 Å². The molecular formula is C30H22Cl2FN11O13S4. The van der Waals surface area contributed by atoms with Crippen LogP contribution in [-0.2, 0) is 43.9 Å². The van der Waals surface area contributed by atoms with Gasteiger partial charge in [0.05, 0.1) is 34.2 Å². The van der Waals surface area contributed by atoms with Gasteiger partial charge in [0.15, 0.2) is 15.6 Å². The molecule has 2 heterocycles. The predicted molar refractivity (Wildman–Crippen MR) is 212 cm³/mol. The van der Waals surface area contributed by atoms with Gasteiger partial charge in [-0.15, -0.1) is 14.6 Å². The van der Waals surface area contributed by atoms with Crippen LogP contribution in [0, 0.1) is 6.08 Å². The molecule has 0 aliphatic heterocycles. The van der Waals surface area contributed by atoms with Crippen LogP contribution in [0.1, 0.15) is 0 Å². The van der Waals surface area contributed by atoms with Crippen molar-refractivity contribution in [1.82, 2.24) is 29.9 Å². The number of aromatic nitrogens is 6. The molecule has 31 heteroatoms. The standard InChI is InChI=1S/C30H22Cl2FN11O13S4/c31-25-37-26(32)39-28(38-25)35-16-3-7-19-14(11-16)12-21(58-57-56-46)23(24(19)45)44-43-20-13-17(4-8-22(20)60(49,50)51)36-30-41-27(33)40-29(42-30)34-15-1-5-18(6-2-15)59(47,48)10-9-55-61(52,53)54/h1-8,11-13,45-46H,9-10H2,(H,49,50,51)(H,52,53,54)(H,35,37,38,39)(H2,34,36,40,41,42)/b44-43+.